The first kappa shape index (κ1) is 14.2. The molecule has 0 radical (unpaired) electrons. The van der Waals surface area contributed by atoms with Crippen LogP contribution in [0.1, 0.15) is 24.4 Å². The highest BCUT2D eigenvalue weighted by Crippen LogP contribution is 2.17. The van der Waals surface area contributed by atoms with Crippen molar-refractivity contribution in [2.75, 3.05) is 6.54 Å². The summed E-state index contributed by atoms with van der Waals surface area (Å²) in [6.07, 6.45) is 1.96. The number of rotatable bonds is 4. The summed E-state index contributed by atoms with van der Waals surface area (Å²) in [6, 6.07) is 8.45. The lowest BCUT2D eigenvalue weighted by atomic mass is 10.0. The number of nitrogens with two attached hydrogens (primary N) is 2. The Morgan fingerprint density at radius 2 is 2.07 bits per heavy atom. The third-order valence-electron chi connectivity index (χ3n) is 2.00. The first-order valence-electron chi connectivity index (χ1n) is 4.45. The minimum atomic E-state index is 0. The Hall–Kier alpha value is 0.160. The third-order valence-corrected chi connectivity index (χ3v) is 2.67. The van der Waals surface area contributed by atoms with Crippen LogP contribution in [0.2, 0.25) is 0 Å². The smallest absolute Gasteiger partial charge is 0.0295 e. The highest BCUT2D eigenvalue weighted by atomic mass is 127. The summed E-state index contributed by atoms with van der Waals surface area (Å²) in [5.74, 6) is 0. The van der Waals surface area contributed by atoms with E-state index < -0.39 is 0 Å². The van der Waals surface area contributed by atoms with Crippen LogP contribution in [0.15, 0.2) is 24.3 Å². The molecule has 2 nitrogen and oxygen atoms in total. The Bertz CT molecular complexity index is 268. The predicted octanol–water partition coefficient (Wildman–Crippen LogP) is 2.45. The molecular weight excluding hydrogens is 310 g/mol. The van der Waals surface area contributed by atoms with Gasteiger partial charge in [0.15, 0.2) is 0 Å². The normalized spacial score (nSPS) is 11.9. The Kier molecular flexibility index (Phi) is 7.54. The van der Waals surface area contributed by atoms with Gasteiger partial charge in [-0.3, -0.25) is 0 Å². The van der Waals surface area contributed by atoms with Gasteiger partial charge in [-0.05, 0) is 59.7 Å². The molecule has 0 saturated heterocycles. The Morgan fingerprint density at radius 3 is 2.64 bits per heavy atom. The van der Waals surface area contributed by atoms with E-state index in [4.69, 9.17) is 11.5 Å². The first-order chi connectivity index (χ1) is 6.24. The molecule has 4 N–H and O–H groups in total. The van der Waals surface area contributed by atoms with Crippen LogP contribution in [0.25, 0.3) is 0 Å². The van der Waals surface area contributed by atoms with Crippen molar-refractivity contribution in [2.24, 2.45) is 11.5 Å². The molecular formula is C10H16ClIN2. The van der Waals surface area contributed by atoms with Gasteiger partial charge >= 0.3 is 0 Å². The molecule has 0 spiro atoms. The zero-order valence-electron chi connectivity index (χ0n) is 7.95. The number of benzene rings is 1. The number of hydrogen-bond donors (Lipinski definition) is 2. The molecule has 0 amide bonds. The lowest BCUT2D eigenvalue weighted by Gasteiger charge is -2.11. The van der Waals surface area contributed by atoms with Crippen molar-refractivity contribution >= 4 is 35.0 Å². The molecule has 0 saturated carbocycles. The van der Waals surface area contributed by atoms with Gasteiger partial charge in [0.05, 0.1) is 0 Å². The van der Waals surface area contributed by atoms with E-state index in [-0.39, 0.29) is 18.4 Å². The van der Waals surface area contributed by atoms with E-state index in [0.717, 1.165) is 19.4 Å². The van der Waals surface area contributed by atoms with Crippen molar-refractivity contribution in [1.82, 2.24) is 0 Å². The average molecular weight is 327 g/mol. The minimum absolute atomic E-state index is 0. The van der Waals surface area contributed by atoms with Crippen LogP contribution in [0, 0.1) is 3.57 Å². The van der Waals surface area contributed by atoms with Gasteiger partial charge < -0.3 is 11.5 Å². The van der Waals surface area contributed by atoms with Gasteiger partial charge in [0, 0.05) is 9.61 Å². The summed E-state index contributed by atoms with van der Waals surface area (Å²) in [5, 5.41) is 0. The molecule has 0 bridgehead atoms. The lowest BCUT2D eigenvalue weighted by molar-refractivity contribution is 0.618. The van der Waals surface area contributed by atoms with Crippen LogP contribution >= 0.6 is 35.0 Å². The maximum atomic E-state index is 5.99. The van der Waals surface area contributed by atoms with Crippen LogP contribution in [-0.4, -0.2) is 6.54 Å². The van der Waals surface area contributed by atoms with Crippen molar-refractivity contribution in [3.05, 3.63) is 33.4 Å². The van der Waals surface area contributed by atoms with Gasteiger partial charge in [0.25, 0.3) is 0 Å². The van der Waals surface area contributed by atoms with E-state index >= 15 is 0 Å². The predicted molar refractivity (Wildman–Crippen MR) is 71.6 cm³/mol. The van der Waals surface area contributed by atoms with E-state index in [1.54, 1.807) is 0 Å². The lowest BCUT2D eigenvalue weighted by Crippen LogP contribution is -2.12. The maximum absolute atomic E-state index is 5.99. The van der Waals surface area contributed by atoms with Crippen molar-refractivity contribution in [3.8, 4) is 0 Å². The second kappa shape index (κ2) is 7.45. The highest BCUT2D eigenvalue weighted by molar-refractivity contribution is 14.1. The van der Waals surface area contributed by atoms with Gasteiger partial charge in [0.2, 0.25) is 0 Å². The molecule has 1 atom stereocenters. The van der Waals surface area contributed by atoms with E-state index in [1.165, 1.54) is 9.13 Å². The first-order valence-corrected chi connectivity index (χ1v) is 5.53. The van der Waals surface area contributed by atoms with Gasteiger partial charge in [0.1, 0.15) is 0 Å². The van der Waals surface area contributed by atoms with E-state index in [1.807, 2.05) is 6.07 Å². The summed E-state index contributed by atoms with van der Waals surface area (Å²) in [5.41, 5.74) is 12.6. The molecule has 0 aliphatic heterocycles. The standard InChI is InChI=1S/C10H15IN2.ClH/c11-9-4-1-3-8(7-9)10(13)5-2-6-12;/h1,3-4,7,10H,2,5-6,12-13H2;1H/t10-;/m0./s1. The number of halogens is 2. The molecule has 4 heteroatoms. The molecule has 1 aromatic carbocycles. The molecule has 1 rings (SSSR count). The largest absolute Gasteiger partial charge is 0.330 e. The minimum Gasteiger partial charge on any atom is -0.330 e. The molecule has 0 aromatic heterocycles. The molecule has 0 fully saturated rings. The number of hydrogen-bond acceptors (Lipinski definition) is 2. The zero-order valence-corrected chi connectivity index (χ0v) is 10.9. The van der Waals surface area contributed by atoms with Crippen LogP contribution < -0.4 is 11.5 Å². The molecule has 80 valence electrons. The second-order valence-electron chi connectivity index (χ2n) is 3.09. The van der Waals surface area contributed by atoms with Crippen molar-refractivity contribution in [2.45, 2.75) is 18.9 Å². The maximum Gasteiger partial charge on any atom is 0.0295 e. The van der Waals surface area contributed by atoms with E-state index in [0.29, 0.717) is 0 Å². The topological polar surface area (TPSA) is 52.0 Å². The molecule has 0 unspecified atom stereocenters. The van der Waals surface area contributed by atoms with E-state index in [9.17, 15) is 0 Å². The van der Waals surface area contributed by atoms with E-state index in [2.05, 4.69) is 40.8 Å². The monoisotopic (exact) mass is 326 g/mol. The molecule has 1 aromatic rings. The van der Waals surface area contributed by atoms with Crippen molar-refractivity contribution < 1.29 is 0 Å². The fraction of sp³-hybridized carbons (Fsp3) is 0.400. The van der Waals surface area contributed by atoms with Gasteiger partial charge in [-0.1, -0.05) is 12.1 Å². The van der Waals surface area contributed by atoms with Crippen LogP contribution in [0.4, 0.5) is 0 Å². The van der Waals surface area contributed by atoms with Crippen LogP contribution in [-0.2, 0) is 0 Å². The Balaban J connectivity index is 0.00000169. The second-order valence-corrected chi connectivity index (χ2v) is 4.34. The fourth-order valence-corrected chi connectivity index (χ4v) is 1.81. The summed E-state index contributed by atoms with van der Waals surface area (Å²) < 4.78 is 1.23. The van der Waals surface area contributed by atoms with Crippen LogP contribution in [0.5, 0.6) is 0 Å². The third kappa shape index (κ3) is 4.59. The fourth-order valence-electron chi connectivity index (χ4n) is 1.24. The van der Waals surface area contributed by atoms with Crippen LogP contribution in [0.3, 0.4) is 0 Å². The zero-order chi connectivity index (χ0) is 9.68. The molecule has 14 heavy (non-hydrogen) atoms. The average Bonchev–Trinajstić information content (AvgIpc) is 2.14. The summed E-state index contributed by atoms with van der Waals surface area (Å²) >= 11 is 2.30. The highest BCUT2D eigenvalue weighted by Gasteiger charge is 2.04. The van der Waals surface area contributed by atoms with Gasteiger partial charge in [-0.15, -0.1) is 12.4 Å². The van der Waals surface area contributed by atoms with Crippen molar-refractivity contribution in [1.29, 1.82) is 0 Å². The molecule has 0 heterocycles. The summed E-state index contributed by atoms with van der Waals surface area (Å²) in [4.78, 5) is 0. The molecule has 0 aliphatic rings. The quantitative estimate of drug-likeness (QED) is 0.835. The SMILES string of the molecule is Cl.NCCC[C@H](N)c1cccc(I)c1. The molecule has 0 aliphatic carbocycles. The summed E-state index contributed by atoms with van der Waals surface area (Å²) in [7, 11) is 0. The van der Waals surface area contributed by atoms with Gasteiger partial charge in [-0.2, -0.15) is 0 Å². The van der Waals surface area contributed by atoms with Gasteiger partial charge in [-0.25, -0.2) is 0 Å². The summed E-state index contributed by atoms with van der Waals surface area (Å²) in [6.45, 7) is 0.720. The van der Waals surface area contributed by atoms with Crippen molar-refractivity contribution in [3.63, 3.8) is 0 Å². The Labute approximate surface area is 105 Å². The Morgan fingerprint density at radius 1 is 1.36 bits per heavy atom.